The zero-order valence-electron chi connectivity index (χ0n) is 22.3. The summed E-state index contributed by atoms with van der Waals surface area (Å²) in [6.07, 6.45) is 5.35. The largest absolute Gasteiger partial charge is 0.450 e. The number of amides is 2. The van der Waals surface area contributed by atoms with Gasteiger partial charge in [0.15, 0.2) is 0 Å². The van der Waals surface area contributed by atoms with Crippen molar-refractivity contribution in [1.82, 2.24) is 10.2 Å². The van der Waals surface area contributed by atoms with E-state index in [4.69, 9.17) is 9.47 Å². The third kappa shape index (κ3) is 6.10. The van der Waals surface area contributed by atoms with E-state index in [1.807, 2.05) is 57.2 Å². The number of allylic oxidation sites excluding steroid dienone is 1. The Kier molecular flexibility index (Phi) is 8.92. The van der Waals surface area contributed by atoms with Crippen LogP contribution in [0.1, 0.15) is 51.2 Å². The number of nitrogens with one attached hydrogen (secondary N) is 1. The molecule has 0 saturated carbocycles. The lowest BCUT2D eigenvalue weighted by atomic mass is 9.85. The minimum absolute atomic E-state index is 0.170. The van der Waals surface area contributed by atoms with Crippen LogP contribution in [0.3, 0.4) is 0 Å². The summed E-state index contributed by atoms with van der Waals surface area (Å²) in [6.45, 7) is 13.6. The number of fused-ring (bicyclic) bond motifs is 1. The van der Waals surface area contributed by atoms with E-state index in [0.717, 1.165) is 34.6 Å². The first-order chi connectivity index (χ1) is 17.6. The number of alkyl carbamates (subject to hydrolysis) is 1. The molecule has 1 fully saturated rings. The van der Waals surface area contributed by atoms with E-state index in [1.165, 1.54) is 4.90 Å². The number of rotatable bonds is 10. The van der Waals surface area contributed by atoms with Crippen LogP contribution < -0.4 is 5.32 Å². The van der Waals surface area contributed by atoms with Crippen molar-refractivity contribution < 1.29 is 23.9 Å². The SMILES string of the molecule is C=CCCCOC(=O)N[C@H](C(=O)N1C[C@](OC)(c2cc(C=C)c3ccccc3c2)C[C@H]1C=O)C(C)(C)C. The van der Waals surface area contributed by atoms with E-state index in [2.05, 4.69) is 18.5 Å². The number of hydrogen-bond acceptors (Lipinski definition) is 5. The number of nitrogens with zero attached hydrogens (tertiary/aromatic N) is 1. The highest BCUT2D eigenvalue weighted by Crippen LogP contribution is 2.41. The summed E-state index contributed by atoms with van der Waals surface area (Å²) in [5.74, 6) is -0.351. The number of carbonyl (C=O) groups excluding carboxylic acids is 3. The lowest BCUT2D eigenvalue weighted by molar-refractivity contribution is -0.139. The second kappa shape index (κ2) is 11.7. The van der Waals surface area contributed by atoms with Gasteiger partial charge in [0.25, 0.3) is 0 Å². The van der Waals surface area contributed by atoms with Gasteiger partial charge in [-0.2, -0.15) is 0 Å². The molecule has 2 amide bonds. The Bertz CT molecular complexity index is 1170. The monoisotopic (exact) mass is 506 g/mol. The fourth-order valence-electron chi connectivity index (χ4n) is 4.88. The van der Waals surface area contributed by atoms with Crippen molar-refractivity contribution in [3.05, 3.63) is 66.8 Å². The fourth-order valence-corrected chi connectivity index (χ4v) is 4.88. The molecule has 1 saturated heterocycles. The average Bonchev–Trinajstić information content (AvgIpc) is 3.28. The maximum Gasteiger partial charge on any atom is 0.407 e. The van der Waals surface area contributed by atoms with Gasteiger partial charge in [-0.3, -0.25) is 4.79 Å². The number of ether oxygens (including phenoxy) is 2. The van der Waals surface area contributed by atoms with E-state index in [-0.39, 0.29) is 19.1 Å². The van der Waals surface area contributed by atoms with Crippen LogP contribution in [0.15, 0.2) is 55.6 Å². The first kappa shape index (κ1) is 28.1. The molecule has 1 aliphatic rings. The van der Waals surface area contributed by atoms with Gasteiger partial charge in [0.2, 0.25) is 5.91 Å². The van der Waals surface area contributed by atoms with Gasteiger partial charge >= 0.3 is 6.09 Å². The van der Waals surface area contributed by atoms with Crippen LogP contribution in [0.25, 0.3) is 16.8 Å². The topological polar surface area (TPSA) is 84.9 Å². The molecule has 1 aliphatic heterocycles. The number of hydrogen-bond donors (Lipinski definition) is 1. The van der Waals surface area contributed by atoms with Crippen molar-refractivity contribution >= 4 is 35.1 Å². The standard InChI is InChI=1S/C30H38N2O5/c1-7-9-12-15-37-28(35)31-26(29(3,4)5)27(34)32-20-30(36-6,18-24(32)19-33)23-16-21(8-2)25-14-11-10-13-22(25)17-23/h7-8,10-11,13-14,16-17,19,24,26H,1-2,9,12,15,18,20H2,3-6H3,(H,31,35)/t24-,26+,30-/m0/s1. The maximum absolute atomic E-state index is 13.9. The van der Waals surface area contributed by atoms with Gasteiger partial charge in [0.05, 0.1) is 19.2 Å². The van der Waals surface area contributed by atoms with E-state index in [0.29, 0.717) is 12.8 Å². The molecule has 1 heterocycles. The lowest BCUT2D eigenvalue weighted by Gasteiger charge is -2.35. The summed E-state index contributed by atoms with van der Waals surface area (Å²) in [7, 11) is 1.60. The molecule has 2 aromatic rings. The third-order valence-electron chi connectivity index (χ3n) is 7.00. The highest BCUT2D eigenvalue weighted by Gasteiger charge is 2.50. The molecule has 0 aliphatic carbocycles. The highest BCUT2D eigenvalue weighted by atomic mass is 16.5. The van der Waals surface area contributed by atoms with Crippen LogP contribution in [-0.4, -0.2) is 55.5 Å². The number of aldehydes is 1. The quantitative estimate of drug-likeness (QED) is 0.271. The number of methoxy groups -OCH3 is 1. The third-order valence-corrected chi connectivity index (χ3v) is 7.00. The lowest BCUT2D eigenvalue weighted by Crippen LogP contribution is -2.56. The molecule has 7 nitrogen and oxygen atoms in total. The van der Waals surface area contributed by atoms with Gasteiger partial charge in [0.1, 0.15) is 17.9 Å². The molecular formula is C30H38N2O5. The van der Waals surface area contributed by atoms with Crippen LogP contribution in [0.5, 0.6) is 0 Å². The van der Waals surface area contributed by atoms with Crippen molar-refractivity contribution in [2.45, 2.75) is 57.7 Å². The predicted octanol–water partition coefficient (Wildman–Crippen LogP) is 5.23. The Labute approximate surface area is 219 Å². The Morgan fingerprint density at radius 1 is 1.24 bits per heavy atom. The Morgan fingerprint density at radius 2 is 1.97 bits per heavy atom. The number of unbranched alkanes of at least 4 members (excludes halogenated alkanes) is 1. The molecule has 198 valence electrons. The van der Waals surface area contributed by atoms with E-state index in [9.17, 15) is 14.4 Å². The molecular weight excluding hydrogens is 468 g/mol. The first-order valence-corrected chi connectivity index (χ1v) is 12.6. The fraction of sp³-hybridized carbons (Fsp3) is 0.433. The molecule has 0 unspecified atom stereocenters. The van der Waals surface area contributed by atoms with E-state index in [1.54, 1.807) is 19.3 Å². The molecule has 7 heteroatoms. The Hall–Kier alpha value is -3.45. The van der Waals surface area contributed by atoms with Crippen LogP contribution >= 0.6 is 0 Å². The van der Waals surface area contributed by atoms with Crippen molar-refractivity contribution in [1.29, 1.82) is 0 Å². The Balaban J connectivity index is 1.92. The predicted molar refractivity (Wildman–Crippen MR) is 146 cm³/mol. The summed E-state index contributed by atoms with van der Waals surface area (Å²) in [4.78, 5) is 40.1. The smallest absolute Gasteiger partial charge is 0.407 e. The molecule has 0 radical (unpaired) electrons. The molecule has 37 heavy (non-hydrogen) atoms. The second-order valence-corrected chi connectivity index (χ2v) is 10.6. The van der Waals surface area contributed by atoms with Crippen LogP contribution in [0.2, 0.25) is 0 Å². The number of carbonyl (C=O) groups is 3. The minimum Gasteiger partial charge on any atom is -0.450 e. The zero-order chi connectivity index (χ0) is 27.2. The number of likely N-dealkylation sites (tertiary alicyclic amines) is 1. The van der Waals surface area contributed by atoms with Crippen molar-refractivity contribution in [2.24, 2.45) is 5.41 Å². The molecule has 3 atom stereocenters. The van der Waals surface area contributed by atoms with Crippen molar-refractivity contribution in [2.75, 3.05) is 20.3 Å². The van der Waals surface area contributed by atoms with E-state index < -0.39 is 29.2 Å². The first-order valence-electron chi connectivity index (χ1n) is 12.6. The van der Waals surface area contributed by atoms with Crippen molar-refractivity contribution in [3.8, 4) is 0 Å². The van der Waals surface area contributed by atoms with Crippen LogP contribution in [-0.2, 0) is 24.7 Å². The van der Waals surface area contributed by atoms with Gasteiger partial charge in [-0.15, -0.1) is 6.58 Å². The molecule has 1 N–H and O–H groups in total. The molecule has 2 aromatic carbocycles. The minimum atomic E-state index is -0.894. The summed E-state index contributed by atoms with van der Waals surface area (Å²) >= 11 is 0. The van der Waals surface area contributed by atoms with Gasteiger partial charge in [-0.05, 0) is 52.3 Å². The van der Waals surface area contributed by atoms with Gasteiger partial charge in [-0.25, -0.2) is 4.79 Å². The van der Waals surface area contributed by atoms with E-state index >= 15 is 0 Å². The Morgan fingerprint density at radius 3 is 2.59 bits per heavy atom. The maximum atomic E-state index is 13.9. The van der Waals surface area contributed by atoms with Crippen molar-refractivity contribution in [3.63, 3.8) is 0 Å². The normalized spacial score (nSPS) is 20.3. The zero-order valence-corrected chi connectivity index (χ0v) is 22.3. The molecule has 3 rings (SSSR count). The van der Waals surface area contributed by atoms with Gasteiger partial charge in [0, 0.05) is 13.5 Å². The number of benzene rings is 2. The molecule has 0 spiro atoms. The summed E-state index contributed by atoms with van der Waals surface area (Å²) in [5.41, 5.74) is 0.302. The van der Waals surface area contributed by atoms with Crippen LogP contribution in [0, 0.1) is 5.41 Å². The second-order valence-electron chi connectivity index (χ2n) is 10.6. The van der Waals surface area contributed by atoms with Gasteiger partial charge in [-0.1, -0.05) is 63.8 Å². The molecule has 0 aromatic heterocycles. The summed E-state index contributed by atoms with van der Waals surface area (Å²) in [5, 5.41) is 4.82. The van der Waals surface area contributed by atoms with Crippen LogP contribution in [0.4, 0.5) is 4.79 Å². The highest BCUT2D eigenvalue weighted by molar-refractivity contribution is 5.92. The molecule has 0 bridgehead atoms. The average molecular weight is 507 g/mol. The van der Waals surface area contributed by atoms with Gasteiger partial charge < -0.3 is 24.5 Å². The summed E-state index contributed by atoms with van der Waals surface area (Å²) < 4.78 is 11.3. The summed E-state index contributed by atoms with van der Waals surface area (Å²) in [6, 6.07) is 10.4.